The Morgan fingerprint density at radius 3 is 2.74 bits per heavy atom. The molecule has 2 aromatic carbocycles. The van der Waals surface area contributed by atoms with Crippen molar-refractivity contribution in [3.63, 3.8) is 0 Å². The summed E-state index contributed by atoms with van der Waals surface area (Å²) in [6.45, 7) is 0.766. The SMILES string of the molecule is Clc1ccc2c(c1)-c1nc(-c3ccccc3)nn1C2. The monoisotopic (exact) mass is 267 g/mol. The molecule has 0 atom stereocenters. The predicted octanol–water partition coefficient (Wildman–Crippen LogP) is 3.63. The lowest BCUT2D eigenvalue weighted by atomic mass is 10.1. The number of halogens is 1. The van der Waals surface area contributed by atoms with E-state index in [1.54, 1.807) is 0 Å². The van der Waals surface area contributed by atoms with E-state index in [1.807, 2.05) is 53.2 Å². The number of hydrogen-bond acceptors (Lipinski definition) is 2. The van der Waals surface area contributed by atoms with Crippen molar-refractivity contribution in [2.45, 2.75) is 6.54 Å². The Morgan fingerprint density at radius 1 is 1.05 bits per heavy atom. The number of benzene rings is 2. The van der Waals surface area contributed by atoms with E-state index in [-0.39, 0.29) is 0 Å². The molecule has 2 heterocycles. The van der Waals surface area contributed by atoms with Gasteiger partial charge in [-0.15, -0.1) is 0 Å². The molecule has 92 valence electrons. The van der Waals surface area contributed by atoms with Gasteiger partial charge in [-0.1, -0.05) is 48.0 Å². The van der Waals surface area contributed by atoms with Gasteiger partial charge in [0.25, 0.3) is 0 Å². The number of fused-ring (bicyclic) bond motifs is 3. The number of nitrogens with zero attached hydrogens (tertiary/aromatic N) is 3. The molecule has 0 radical (unpaired) electrons. The summed E-state index contributed by atoms with van der Waals surface area (Å²) in [6.07, 6.45) is 0. The molecule has 0 saturated heterocycles. The quantitative estimate of drug-likeness (QED) is 0.527. The minimum atomic E-state index is 0.733. The van der Waals surface area contributed by atoms with Crippen LogP contribution in [0.25, 0.3) is 22.8 Å². The molecule has 0 amide bonds. The first-order valence-electron chi connectivity index (χ1n) is 6.10. The summed E-state index contributed by atoms with van der Waals surface area (Å²) < 4.78 is 1.93. The van der Waals surface area contributed by atoms with Crippen molar-refractivity contribution in [1.82, 2.24) is 14.8 Å². The standard InChI is InChI=1S/C15H10ClN3/c16-12-7-6-11-9-19-15(13(11)8-12)17-14(18-19)10-4-2-1-3-5-10/h1-8H,9H2. The largest absolute Gasteiger partial charge is 0.241 e. The number of aromatic nitrogens is 3. The maximum atomic E-state index is 6.06. The fourth-order valence-electron chi connectivity index (χ4n) is 2.42. The van der Waals surface area contributed by atoms with E-state index in [0.29, 0.717) is 0 Å². The maximum absolute atomic E-state index is 6.06. The minimum absolute atomic E-state index is 0.733. The van der Waals surface area contributed by atoms with Crippen LogP contribution in [0.4, 0.5) is 0 Å². The normalized spacial score (nSPS) is 12.3. The van der Waals surface area contributed by atoms with Crippen LogP contribution < -0.4 is 0 Å². The van der Waals surface area contributed by atoms with Crippen molar-refractivity contribution < 1.29 is 0 Å². The molecule has 3 nitrogen and oxygen atoms in total. The van der Waals surface area contributed by atoms with Gasteiger partial charge in [-0.3, -0.25) is 0 Å². The third-order valence-corrected chi connectivity index (χ3v) is 3.57. The van der Waals surface area contributed by atoms with Gasteiger partial charge < -0.3 is 0 Å². The zero-order chi connectivity index (χ0) is 12.8. The van der Waals surface area contributed by atoms with Crippen molar-refractivity contribution in [3.8, 4) is 22.8 Å². The highest BCUT2D eigenvalue weighted by molar-refractivity contribution is 6.30. The number of hydrogen-bond donors (Lipinski definition) is 0. The van der Waals surface area contributed by atoms with E-state index >= 15 is 0 Å². The second-order valence-corrected chi connectivity index (χ2v) is 5.02. The van der Waals surface area contributed by atoms with Gasteiger partial charge in [0.15, 0.2) is 11.6 Å². The molecule has 1 aliphatic heterocycles. The summed E-state index contributed by atoms with van der Waals surface area (Å²) in [6, 6.07) is 15.9. The van der Waals surface area contributed by atoms with Gasteiger partial charge in [-0.25, -0.2) is 9.67 Å². The van der Waals surface area contributed by atoms with E-state index in [2.05, 4.69) is 10.1 Å². The predicted molar refractivity (Wildman–Crippen MR) is 75.0 cm³/mol. The van der Waals surface area contributed by atoms with Crippen molar-refractivity contribution in [2.24, 2.45) is 0 Å². The van der Waals surface area contributed by atoms with E-state index in [0.717, 1.165) is 34.3 Å². The first-order chi connectivity index (χ1) is 9.31. The second-order valence-electron chi connectivity index (χ2n) is 4.58. The Labute approximate surface area is 115 Å². The molecule has 0 fully saturated rings. The molecule has 0 unspecified atom stereocenters. The molecule has 0 saturated carbocycles. The van der Waals surface area contributed by atoms with E-state index in [9.17, 15) is 0 Å². The molecular formula is C15H10ClN3. The summed E-state index contributed by atoms with van der Waals surface area (Å²) in [5.74, 6) is 1.66. The fourth-order valence-corrected chi connectivity index (χ4v) is 2.59. The van der Waals surface area contributed by atoms with Gasteiger partial charge in [-0.05, 0) is 17.7 Å². The Kier molecular flexibility index (Phi) is 2.23. The maximum Gasteiger partial charge on any atom is 0.181 e. The van der Waals surface area contributed by atoms with Crippen LogP contribution >= 0.6 is 11.6 Å². The Bertz CT molecular complexity index is 762. The molecule has 0 N–H and O–H groups in total. The lowest BCUT2D eigenvalue weighted by Gasteiger charge is -1.98. The first kappa shape index (κ1) is 10.8. The van der Waals surface area contributed by atoms with Crippen LogP contribution in [-0.4, -0.2) is 14.8 Å². The average Bonchev–Trinajstić information content (AvgIpc) is 2.98. The number of rotatable bonds is 1. The molecule has 1 aliphatic rings. The second kappa shape index (κ2) is 3.93. The van der Waals surface area contributed by atoms with E-state index < -0.39 is 0 Å². The summed E-state index contributed by atoms with van der Waals surface area (Å²) in [7, 11) is 0. The van der Waals surface area contributed by atoms with Gasteiger partial charge in [0.1, 0.15) is 0 Å². The third kappa shape index (κ3) is 1.66. The van der Waals surface area contributed by atoms with Crippen LogP contribution in [0.3, 0.4) is 0 Å². The van der Waals surface area contributed by atoms with E-state index in [4.69, 9.17) is 11.6 Å². The fraction of sp³-hybridized carbons (Fsp3) is 0.0667. The van der Waals surface area contributed by atoms with Crippen LogP contribution in [0.15, 0.2) is 48.5 Å². The molecule has 3 aromatic rings. The zero-order valence-corrected chi connectivity index (χ0v) is 10.8. The van der Waals surface area contributed by atoms with Gasteiger partial charge in [0, 0.05) is 16.1 Å². The van der Waals surface area contributed by atoms with Crippen LogP contribution in [0.5, 0.6) is 0 Å². The first-order valence-corrected chi connectivity index (χ1v) is 6.48. The van der Waals surface area contributed by atoms with Gasteiger partial charge in [0.05, 0.1) is 6.54 Å². The molecule has 0 aliphatic carbocycles. The summed E-state index contributed by atoms with van der Waals surface area (Å²) in [5, 5.41) is 5.30. The minimum Gasteiger partial charge on any atom is -0.241 e. The smallest absolute Gasteiger partial charge is 0.181 e. The van der Waals surface area contributed by atoms with Gasteiger partial charge >= 0.3 is 0 Å². The Balaban J connectivity index is 1.86. The molecule has 0 bridgehead atoms. The third-order valence-electron chi connectivity index (χ3n) is 3.34. The van der Waals surface area contributed by atoms with Crippen LogP contribution in [0.2, 0.25) is 5.02 Å². The Hall–Kier alpha value is -2.13. The Morgan fingerprint density at radius 2 is 1.89 bits per heavy atom. The molecule has 0 spiro atoms. The summed E-state index contributed by atoms with van der Waals surface area (Å²) in [4.78, 5) is 4.64. The van der Waals surface area contributed by atoms with E-state index in [1.165, 1.54) is 5.56 Å². The molecular weight excluding hydrogens is 258 g/mol. The highest BCUT2D eigenvalue weighted by Crippen LogP contribution is 2.33. The average molecular weight is 268 g/mol. The molecule has 1 aromatic heterocycles. The topological polar surface area (TPSA) is 30.7 Å². The highest BCUT2D eigenvalue weighted by Gasteiger charge is 2.22. The van der Waals surface area contributed by atoms with Crippen LogP contribution in [-0.2, 0) is 6.54 Å². The lowest BCUT2D eigenvalue weighted by Crippen LogP contribution is -1.95. The molecule has 4 rings (SSSR count). The molecule has 19 heavy (non-hydrogen) atoms. The van der Waals surface area contributed by atoms with Crippen molar-refractivity contribution >= 4 is 11.6 Å². The van der Waals surface area contributed by atoms with Gasteiger partial charge in [-0.2, -0.15) is 5.10 Å². The molecule has 4 heteroatoms. The van der Waals surface area contributed by atoms with Crippen LogP contribution in [0.1, 0.15) is 5.56 Å². The zero-order valence-electron chi connectivity index (χ0n) is 10.0. The van der Waals surface area contributed by atoms with Crippen LogP contribution in [0, 0.1) is 0 Å². The van der Waals surface area contributed by atoms with Crippen molar-refractivity contribution in [3.05, 3.63) is 59.1 Å². The summed E-state index contributed by atoms with van der Waals surface area (Å²) >= 11 is 6.06. The summed E-state index contributed by atoms with van der Waals surface area (Å²) in [5.41, 5.74) is 3.34. The van der Waals surface area contributed by atoms with Gasteiger partial charge in [0.2, 0.25) is 0 Å². The van der Waals surface area contributed by atoms with Crippen molar-refractivity contribution in [1.29, 1.82) is 0 Å². The van der Waals surface area contributed by atoms with Crippen molar-refractivity contribution in [2.75, 3.05) is 0 Å². The lowest BCUT2D eigenvalue weighted by molar-refractivity contribution is 0.722. The highest BCUT2D eigenvalue weighted by atomic mass is 35.5.